The van der Waals surface area contributed by atoms with Crippen molar-refractivity contribution in [3.8, 4) is 0 Å². The van der Waals surface area contributed by atoms with Crippen LogP contribution in [0.3, 0.4) is 0 Å². The predicted octanol–water partition coefficient (Wildman–Crippen LogP) is 2.77. The van der Waals surface area contributed by atoms with Gasteiger partial charge in [-0.05, 0) is 24.5 Å². The van der Waals surface area contributed by atoms with Crippen molar-refractivity contribution in [1.82, 2.24) is 0 Å². The molecule has 0 fully saturated rings. The summed E-state index contributed by atoms with van der Waals surface area (Å²) in [4.78, 5) is 4.36. The van der Waals surface area contributed by atoms with Crippen LogP contribution in [0.2, 0.25) is 0 Å². The van der Waals surface area contributed by atoms with E-state index in [1.54, 1.807) is 0 Å². The van der Waals surface area contributed by atoms with Gasteiger partial charge in [-0.15, -0.1) is 0 Å². The maximum Gasteiger partial charge on any atom is 0.0453 e. The van der Waals surface area contributed by atoms with Crippen LogP contribution >= 0.6 is 0 Å². The summed E-state index contributed by atoms with van der Waals surface area (Å²) in [5.74, 6) is 0.605. The van der Waals surface area contributed by atoms with E-state index in [-0.39, 0.29) is 5.41 Å². The zero-order chi connectivity index (χ0) is 9.47. The van der Waals surface area contributed by atoms with E-state index in [9.17, 15) is 0 Å². The number of hydrogen-bond donors (Lipinski definition) is 0. The molecule has 0 heterocycles. The Morgan fingerprint density at radius 3 is 2.62 bits per heavy atom. The van der Waals surface area contributed by atoms with Gasteiger partial charge >= 0.3 is 0 Å². The van der Waals surface area contributed by atoms with Gasteiger partial charge in [-0.2, -0.15) is 0 Å². The van der Waals surface area contributed by atoms with Crippen molar-refractivity contribution < 1.29 is 0 Å². The molecular formula is C12H15N. The Kier molecular flexibility index (Phi) is 1.76. The summed E-state index contributed by atoms with van der Waals surface area (Å²) in [5, 5.41) is 0. The average molecular weight is 173 g/mol. The van der Waals surface area contributed by atoms with Crippen LogP contribution in [-0.4, -0.2) is 12.8 Å². The lowest BCUT2D eigenvalue weighted by Crippen LogP contribution is -2.40. The van der Waals surface area contributed by atoms with E-state index in [0.717, 1.165) is 0 Å². The Balaban J connectivity index is 2.51. The molecule has 2 aliphatic rings. The molecule has 0 saturated heterocycles. The van der Waals surface area contributed by atoms with E-state index in [1.807, 2.05) is 7.05 Å². The molecule has 0 bridgehead atoms. The van der Waals surface area contributed by atoms with Crippen molar-refractivity contribution in [2.45, 2.75) is 13.8 Å². The highest BCUT2D eigenvalue weighted by molar-refractivity contribution is 6.04. The molecule has 0 radical (unpaired) electrons. The number of hydrogen-bond acceptors (Lipinski definition) is 1. The highest BCUT2D eigenvalue weighted by Gasteiger charge is 2.43. The van der Waals surface area contributed by atoms with Crippen molar-refractivity contribution >= 4 is 5.71 Å². The quantitative estimate of drug-likeness (QED) is 0.534. The third-order valence-corrected chi connectivity index (χ3v) is 3.35. The van der Waals surface area contributed by atoms with Crippen molar-refractivity contribution in [3.05, 3.63) is 36.0 Å². The summed E-state index contributed by atoms with van der Waals surface area (Å²) in [5.41, 5.74) is 2.77. The van der Waals surface area contributed by atoms with Gasteiger partial charge in [-0.25, -0.2) is 0 Å². The molecule has 0 aliphatic heterocycles. The number of rotatable bonds is 0. The van der Waals surface area contributed by atoms with Gasteiger partial charge in [-0.1, -0.05) is 31.2 Å². The fourth-order valence-electron chi connectivity index (χ4n) is 2.17. The molecule has 0 aromatic rings. The molecule has 0 spiro atoms. The van der Waals surface area contributed by atoms with Crippen molar-refractivity contribution in [3.63, 3.8) is 0 Å². The molecule has 2 rings (SSSR count). The molecule has 13 heavy (non-hydrogen) atoms. The molecule has 0 aromatic carbocycles. The summed E-state index contributed by atoms with van der Waals surface area (Å²) in [7, 11) is 1.87. The Bertz CT molecular complexity index is 344. The summed E-state index contributed by atoms with van der Waals surface area (Å²) < 4.78 is 0. The van der Waals surface area contributed by atoms with Crippen molar-refractivity contribution in [2.24, 2.45) is 16.3 Å². The van der Waals surface area contributed by atoms with Gasteiger partial charge in [0, 0.05) is 18.2 Å². The van der Waals surface area contributed by atoms with Crippen molar-refractivity contribution in [2.75, 3.05) is 7.05 Å². The van der Waals surface area contributed by atoms with Gasteiger partial charge in [0.1, 0.15) is 0 Å². The number of aliphatic imine (C=N–C) groups is 1. The zero-order valence-electron chi connectivity index (χ0n) is 8.41. The summed E-state index contributed by atoms with van der Waals surface area (Å²) in [6, 6.07) is 0. The fourth-order valence-corrected chi connectivity index (χ4v) is 2.17. The SMILES string of the molecule is C/N=C1/C=CC=CC2=CC(C)C21C. The van der Waals surface area contributed by atoms with E-state index >= 15 is 0 Å². The second kappa shape index (κ2) is 2.69. The van der Waals surface area contributed by atoms with Crippen LogP contribution in [0.5, 0.6) is 0 Å². The molecular weight excluding hydrogens is 158 g/mol. The van der Waals surface area contributed by atoms with E-state index in [4.69, 9.17) is 0 Å². The van der Waals surface area contributed by atoms with Gasteiger partial charge in [0.15, 0.2) is 0 Å². The van der Waals surface area contributed by atoms with Crippen LogP contribution in [0.1, 0.15) is 13.8 Å². The standard InChI is InChI=1S/C12H15N/c1-9-8-10-6-4-5-7-11(13-3)12(9,10)2/h4-9H,1-3H3/b13-11-. The second-order valence-corrected chi connectivity index (χ2v) is 3.94. The molecule has 68 valence electrons. The molecule has 2 atom stereocenters. The monoisotopic (exact) mass is 173 g/mol. The molecule has 1 heteroatoms. The van der Waals surface area contributed by atoms with E-state index in [2.05, 4.69) is 49.2 Å². The summed E-state index contributed by atoms with van der Waals surface area (Å²) in [6.07, 6.45) is 10.8. The highest BCUT2D eigenvalue weighted by Crippen LogP contribution is 2.48. The molecule has 0 N–H and O–H groups in total. The normalized spacial score (nSPS) is 39.5. The van der Waals surface area contributed by atoms with Crippen LogP contribution in [0.25, 0.3) is 0 Å². The minimum atomic E-state index is 0.165. The minimum absolute atomic E-state index is 0.165. The fraction of sp³-hybridized carbons (Fsp3) is 0.417. The Morgan fingerprint density at radius 2 is 2.00 bits per heavy atom. The number of allylic oxidation sites excluding steroid dienone is 6. The topological polar surface area (TPSA) is 12.4 Å². The maximum absolute atomic E-state index is 4.36. The first-order chi connectivity index (χ1) is 6.19. The highest BCUT2D eigenvalue weighted by atomic mass is 14.7. The first-order valence-electron chi connectivity index (χ1n) is 4.74. The minimum Gasteiger partial charge on any atom is -0.292 e. The van der Waals surface area contributed by atoms with Crippen LogP contribution < -0.4 is 0 Å². The first kappa shape index (κ1) is 8.49. The third kappa shape index (κ3) is 0.963. The molecule has 0 amide bonds. The van der Waals surface area contributed by atoms with Gasteiger partial charge in [0.25, 0.3) is 0 Å². The van der Waals surface area contributed by atoms with Gasteiger partial charge in [0.2, 0.25) is 0 Å². The lowest BCUT2D eigenvalue weighted by atomic mass is 9.60. The van der Waals surface area contributed by atoms with Gasteiger partial charge in [0.05, 0.1) is 0 Å². The van der Waals surface area contributed by atoms with E-state index in [1.165, 1.54) is 11.3 Å². The Labute approximate surface area is 79.6 Å². The predicted molar refractivity (Wildman–Crippen MR) is 57.0 cm³/mol. The molecule has 2 aliphatic carbocycles. The summed E-state index contributed by atoms with van der Waals surface area (Å²) >= 11 is 0. The largest absolute Gasteiger partial charge is 0.292 e. The van der Waals surface area contributed by atoms with Crippen molar-refractivity contribution in [1.29, 1.82) is 0 Å². The van der Waals surface area contributed by atoms with Gasteiger partial charge in [-0.3, -0.25) is 4.99 Å². The Morgan fingerprint density at radius 1 is 1.31 bits per heavy atom. The number of fused-ring (bicyclic) bond motifs is 1. The number of nitrogens with zero attached hydrogens (tertiary/aromatic N) is 1. The maximum atomic E-state index is 4.36. The summed E-state index contributed by atoms with van der Waals surface area (Å²) in [6.45, 7) is 4.52. The average Bonchev–Trinajstić information content (AvgIpc) is 2.26. The molecule has 0 saturated carbocycles. The van der Waals surface area contributed by atoms with Crippen LogP contribution in [0, 0.1) is 11.3 Å². The molecule has 1 nitrogen and oxygen atoms in total. The van der Waals surface area contributed by atoms with Gasteiger partial charge < -0.3 is 0 Å². The van der Waals surface area contributed by atoms with Crippen LogP contribution in [0.4, 0.5) is 0 Å². The molecule has 0 aromatic heterocycles. The third-order valence-electron chi connectivity index (χ3n) is 3.35. The van der Waals surface area contributed by atoms with Crippen LogP contribution in [-0.2, 0) is 0 Å². The Hall–Kier alpha value is -1.11. The van der Waals surface area contributed by atoms with E-state index in [0.29, 0.717) is 5.92 Å². The zero-order valence-corrected chi connectivity index (χ0v) is 8.41. The smallest absolute Gasteiger partial charge is 0.0453 e. The van der Waals surface area contributed by atoms with E-state index < -0.39 is 0 Å². The first-order valence-corrected chi connectivity index (χ1v) is 4.74. The van der Waals surface area contributed by atoms with Crippen LogP contribution in [0.15, 0.2) is 40.9 Å². The lowest BCUT2D eigenvalue weighted by molar-refractivity contribution is 0.383. The second-order valence-electron chi connectivity index (χ2n) is 3.94. The lowest BCUT2D eigenvalue weighted by Gasteiger charge is -2.43. The molecule has 2 unspecified atom stereocenters.